The van der Waals surface area contributed by atoms with Gasteiger partial charge in [0, 0.05) is 11.6 Å². The van der Waals surface area contributed by atoms with Gasteiger partial charge in [-0.05, 0) is 48.2 Å². The number of carbonyl (C=O) groups excluding carboxylic acids is 2. The van der Waals surface area contributed by atoms with Gasteiger partial charge >= 0.3 is 0 Å². The number of hydrogen-bond donors (Lipinski definition) is 1. The second-order valence-electron chi connectivity index (χ2n) is 7.20. The molecule has 3 rings (SSSR count). The Morgan fingerprint density at radius 2 is 1.75 bits per heavy atom. The second-order valence-corrected chi connectivity index (χ2v) is 7.64. The molecule has 2 aromatic carbocycles. The number of carbonyl (C=O) groups is 2. The topological polar surface area (TPSA) is 58.6 Å². The fourth-order valence-electron chi connectivity index (χ4n) is 3.16. The zero-order valence-corrected chi connectivity index (χ0v) is 17.1. The van der Waals surface area contributed by atoms with E-state index >= 15 is 0 Å². The monoisotopic (exact) mass is 398 g/mol. The van der Waals surface area contributed by atoms with Gasteiger partial charge in [-0.3, -0.25) is 14.5 Å². The fourth-order valence-corrected chi connectivity index (χ4v) is 3.29. The van der Waals surface area contributed by atoms with Crippen molar-refractivity contribution in [2.45, 2.75) is 20.8 Å². The molecule has 1 aliphatic rings. The van der Waals surface area contributed by atoms with Crippen LogP contribution < -0.4 is 10.1 Å². The molecule has 0 saturated heterocycles. The summed E-state index contributed by atoms with van der Waals surface area (Å²) in [6.45, 7) is 6.24. The summed E-state index contributed by atoms with van der Waals surface area (Å²) in [6.07, 6.45) is 0. The Balaban J connectivity index is 2.11. The summed E-state index contributed by atoms with van der Waals surface area (Å²) in [4.78, 5) is 27.5. The highest BCUT2D eigenvalue weighted by molar-refractivity contribution is 6.37. The molecule has 0 radical (unpaired) electrons. The van der Waals surface area contributed by atoms with E-state index in [9.17, 15) is 9.59 Å². The number of ether oxygens (including phenoxy) is 1. The summed E-state index contributed by atoms with van der Waals surface area (Å²) in [5.74, 6) is 0.102. The summed E-state index contributed by atoms with van der Waals surface area (Å²) in [7, 11) is 1.57. The Morgan fingerprint density at radius 1 is 1.07 bits per heavy atom. The van der Waals surface area contributed by atoms with Crippen LogP contribution in [0.5, 0.6) is 5.75 Å². The number of rotatable bonds is 6. The molecule has 2 aromatic rings. The lowest BCUT2D eigenvalue weighted by atomic mass is 10.0. The van der Waals surface area contributed by atoms with Crippen molar-refractivity contribution in [3.8, 4) is 5.75 Å². The van der Waals surface area contributed by atoms with Gasteiger partial charge in [0.05, 0.1) is 18.4 Å². The van der Waals surface area contributed by atoms with E-state index < -0.39 is 0 Å². The Kier molecular flexibility index (Phi) is 5.75. The molecule has 2 amide bonds. The first-order valence-corrected chi connectivity index (χ1v) is 9.47. The summed E-state index contributed by atoms with van der Waals surface area (Å²) in [5.41, 5.74) is 2.87. The van der Waals surface area contributed by atoms with Crippen molar-refractivity contribution in [3.63, 3.8) is 0 Å². The van der Waals surface area contributed by atoms with Crippen molar-refractivity contribution in [2.24, 2.45) is 5.92 Å². The minimum absolute atomic E-state index is 0.159. The molecular formula is C22H23ClN2O3. The third kappa shape index (κ3) is 3.90. The zero-order chi connectivity index (χ0) is 20.4. The lowest BCUT2D eigenvalue weighted by Crippen LogP contribution is -2.35. The number of hydrogen-bond acceptors (Lipinski definition) is 4. The molecule has 0 unspecified atom stereocenters. The van der Waals surface area contributed by atoms with Crippen molar-refractivity contribution in [2.75, 3.05) is 19.0 Å². The van der Waals surface area contributed by atoms with Crippen LogP contribution in [0.1, 0.15) is 25.0 Å². The van der Waals surface area contributed by atoms with E-state index in [0.717, 1.165) is 5.56 Å². The Morgan fingerprint density at radius 3 is 2.36 bits per heavy atom. The lowest BCUT2D eigenvalue weighted by Gasteiger charge is -2.18. The van der Waals surface area contributed by atoms with Gasteiger partial charge in [-0.25, -0.2) is 0 Å². The summed E-state index contributed by atoms with van der Waals surface area (Å²) in [6, 6.07) is 12.5. The molecule has 0 aromatic heterocycles. The average Bonchev–Trinajstić information content (AvgIpc) is 2.87. The van der Waals surface area contributed by atoms with Gasteiger partial charge in [0.15, 0.2) is 0 Å². The number of imide groups is 1. The number of anilines is 1. The minimum Gasteiger partial charge on any atom is -0.495 e. The molecule has 0 spiro atoms. The molecule has 1 aliphatic heterocycles. The molecule has 5 nitrogen and oxygen atoms in total. The molecule has 0 atom stereocenters. The van der Waals surface area contributed by atoms with Crippen LogP contribution in [0.3, 0.4) is 0 Å². The van der Waals surface area contributed by atoms with E-state index in [1.807, 2.05) is 39.0 Å². The summed E-state index contributed by atoms with van der Waals surface area (Å²) in [5, 5.41) is 3.72. The van der Waals surface area contributed by atoms with Crippen LogP contribution in [0.25, 0.3) is 5.57 Å². The normalized spacial score (nSPS) is 14.3. The Labute approximate surface area is 169 Å². The van der Waals surface area contributed by atoms with Crippen molar-refractivity contribution in [3.05, 3.63) is 64.3 Å². The predicted molar refractivity (Wildman–Crippen MR) is 111 cm³/mol. The van der Waals surface area contributed by atoms with Gasteiger partial charge in [-0.1, -0.05) is 43.6 Å². The third-order valence-corrected chi connectivity index (χ3v) is 4.72. The number of nitrogens with one attached hydrogen (secondary N) is 1. The van der Waals surface area contributed by atoms with Gasteiger partial charge in [-0.15, -0.1) is 0 Å². The number of amides is 2. The third-order valence-electron chi connectivity index (χ3n) is 4.46. The predicted octanol–water partition coefficient (Wildman–Crippen LogP) is 4.51. The van der Waals surface area contributed by atoms with E-state index in [-0.39, 0.29) is 23.4 Å². The van der Waals surface area contributed by atoms with Crippen LogP contribution in [0.4, 0.5) is 5.69 Å². The molecule has 28 heavy (non-hydrogen) atoms. The highest BCUT2D eigenvalue weighted by Gasteiger charge is 2.39. The minimum atomic E-state index is -0.341. The molecule has 1 heterocycles. The van der Waals surface area contributed by atoms with Crippen LogP contribution in [-0.2, 0) is 9.59 Å². The van der Waals surface area contributed by atoms with Crippen molar-refractivity contribution >= 4 is 34.7 Å². The molecule has 146 valence electrons. The maximum atomic E-state index is 13.1. The van der Waals surface area contributed by atoms with Gasteiger partial charge < -0.3 is 10.1 Å². The lowest BCUT2D eigenvalue weighted by molar-refractivity contribution is -0.137. The Bertz CT molecular complexity index is 949. The van der Waals surface area contributed by atoms with E-state index in [1.165, 1.54) is 4.90 Å². The number of methoxy groups -OCH3 is 1. The van der Waals surface area contributed by atoms with Crippen LogP contribution in [0, 0.1) is 12.8 Å². The number of aryl methyl sites for hydroxylation is 1. The Hall–Kier alpha value is -2.79. The van der Waals surface area contributed by atoms with Crippen LogP contribution >= 0.6 is 11.6 Å². The average molecular weight is 399 g/mol. The second kappa shape index (κ2) is 8.07. The standard InChI is InChI=1S/C22H23ClN2O3/c1-13(2)12-25-21(26)19(15-6-8-16(23)9-7-15)20(22(25)27)24-17-11-14(3)5-10-18(17)28-4/h5-11,13,24H,12H2,1-4H3. The highest BCUT2D eigenvalue weighted by Crippen LogP contribution is 2.34. The number of halogens is 1. The van der Waals surface area contributed by atoms with Crippen molar-refractivity contribution in [1.29, 1.82) is 0 Å². The van der Waals surface area contributed by atoms with Crippen LogP contribution in [0.15, 0.2) is 48.2 Å². The largest absolute Gasteiger partial charge is 0.495 e. The molecule has 1 N–H and O–H groups in total. The van der Waals surface area contributed by atoms with E-state index in [4.69, 9.17) is 16.3 Å². The maximum absolute atomic E-state index is 13.1. The smallest absolute Gasteiger partial charge is 0.278 e. The first-order valence-electron chi connectivity index (χ1n) is 9.10. The maximum Gasteiger partial charge on any atom is 0.278 e. The molecule has 0 aliphatic carbocycles. The van der Waals surface area contributed by atoms with Crippen molar-refractivity contribution in [1.82, 2.24) is 4.90 Å². The summed E-state index contributed by atoms with van der Waals surface area (Å²) < 4.78 is 5.41. The molecule has 6 heteroatoms. The van der Waals surface area contributed by atoms with Crippen LogP contribution in [0.2, 0.25) is 5.02 Å². The van der Waals surface area contributed by atoms with E-state index in [2.05, 4.69) is 5.32 Å². The van der Waals surface area contributed by atoms with E-state index in [1.54, 1.807) is 31.4 Å². The first kappa shape index (κ1) is 20.0. The molecular weight excluding hydrogens is 376 g/mol. The van der Waals surface area contributed by atoms with Crippen LogP contribution in [-0.4, -0.2) is 30.4 Å². The van der Waals surface area contributed by atoms with Crippen molar-refractivity contribution < 1.29 is 14.3 Å². The van der Waals surface area contributed by atoms with Gasteiger partial charge in [0.25, 0.3) is 11.8 Å². The molecule has 0 saturated carbocycles. The quantitative estimate of drug-likeness (QED) is 0.727. The summed E-state index contributed by atoms with van der Waals surface area (Å²) >= 11 is 5.99. The zero-order valence-electron chi connectivity index (χ0n) is 16.4. The first-order chi connectivity index (χ1) is 13.3. The van der Waals surface area contributed by atoms with Gasteiger partial charge in [0.1, 0.15) is 11.4 Å². The van der Waals surface area contributed by atoms with E-state index in [0.29, 0.717) is 34.1 Å². The number of nitrogens with zero attached hydrogens (tertiary/aromatic N) is 1. The van der Waals surface area contributed by atoms with Gasteiger partial charge in [0.2, 0.25) is 0 Å². The molecule has 0 bridgehead atoms. The van der Waals surface area contributed by atoms with Gasteiger partial charge in [-0.2, -0.15) is 0 Å². The molecule has 0 fully saturated rings. The highest BCUT2D eigenvalue weighted by atomic mass is 35.5. The number of benzene rings is 2. The fraction of sp³-hybridized carbons (Fsp3) is 0.273. The SMILES string of the molecule is COc1ccc(C)cc1NC1=C(c2ccc(Cl)cc2)C(=O)N(CC(C)C)C1=O.